The van der Waals surface area contributed by atoms with Crippen LogP contribution in [0.25, 0.3) is 22.2 Å². The minimum Gasteiger partial charge on any atom is -0.512 e. The summed E-state index contributed by atoms with van der Waals surface area (Å²) in [7, 11) is 0. The van der Waals surface area contributed by atoms with Crippen LogP contribution in [0.1, 0.15) is 99.3 Å². The first-order valence-corrected chi connectivity index (χ1v) is 15.1. The van der Waals surface area contributed by atoms with Crippen molar-refractivity contribution in [3.05, 3.63) is 76.6 Å². The molecule has 0 saturated heterocycles. The molecule has 1 aromatic heterocycles. The first-order valence-electron chi connectivity index (χ1n) is 15.1. The Balaban J connectivity index is 0.000000362. The van der Waals surface area contributed by atoms with Crippen LogP contribution in [-0.4, -0.2) is 15.9 Å². The minimum absolute atomic E-state index is 0. The van der Waals surface area contributed by atoms with Gasteiger partial charge in [0.25, 0.3) is 0 Å². The van der Waals surface area contributed by atoms with Crippen LogP contribution in [0.15, 0.2) is 48.2 Å². The molecule has 0 aliphatic heterocycles. The molecule has 0 amide bonds. The summed E-state index contributed by atoms with van der Waals surface area (Å²) >= 11 is 0. The van der Waals surface area contributed by atoms with Crippen LogP contribution in [0, 0.1) is 43.6 Å². The molecular formula is C36H42IrNO2-. The number of allylic oxidation sites excluding steroid dienone is 2. The topological polar surface area (TPSA) is 50.2 Å². The number of carbonyl (C=O) groups excluding carboxylic acids is 1. The second-order valence-corrected chi connectivity index (χ2v) is 13.0. The van der Waals surface area contributed by atoms with Crippen LogP contribution in [0.5, 0.6) is 0 Å². The number of pyridine rings is 1. The molecule has 6 unspecified atom stereocenters. The van der Waals surface area contributed by atoms with Gasteiger partial charge in [-0.05, 0) is 111 Å². The zero-order valence-electron chi connectivity index (χ0n) is 24.3. The smallest absolute Gasteiger partial charge is 0.155 e. The molecule has 3 aromatic rings. The summed E-state index contributed by atoms with van der Waals surface area (Å²) in [6.45, 7) is 7.15. The second-order valence-electron chi connectivity index (χ2n) is 13.0. The molecule has 2 aromatic carbocycles. The molecular weight excluding hydrogens is 671 g/mol. The zero-order chi connectivity index (χ0) is 27.3. The number of nitrogens with zero attached hydrogens (tertiary/aromatic N) is 1. The Morgan fingerprint density at radius 1 is 0.900 bits per heavy atom. The van der Waals surface area contributed by atoms with Gasteiger partial charge in [0.15, 0.2) is 5.78 Å². The molecule has 213 valence electrons. The normalized spacial score (nSPS) is 28.4. The maximum Gasteiger partial charge on any atom is 0.155 e. The quantitative estimate of drug-likeness (QED) is 0.167. The average Bonchev–Trinajstić information content (AvgIpc) is 3.69. The number of hydrogen-bond donors (Lipinski definition) is 1. The SMILES string of the molecule is CC(=O)/C=C(/C)O.Cc1[c-]c(-c2ccc3c(C4CC5CCC4C5)c(C4CC5CCC4C5)ccc3n2)cc(C)c1.[Ir]. The molecule has 4 heteroatoms. The van der Waals surface area contributed by atoms with E-state index < -0.39 is 0 Å². The monoisotopic (exact) mass is 713 g/mol. The Kier molecular flexibility index (Phi) is 8.69. The van der Waals surface area contributed by atoms with E-state index in [-0.39, 0.29) is 31.6 Å². The van der Waals surface area contributed by atoms with Crippen LogP contribution in [0.3, 0.4) is 0 Å². The number of carbonyl (C=O) groups is 1. The maximum absolute atomic E-state index is 10.0. The Hall–Kier alpha value is -2.29. The van der Waals surface area contributed by atoms with Crippen molar-refractivity contribution in [1.29, 1.82) is 0 Å². The molecule has 7 rings (SSSR count). The molecule has 6 atom stereocenters. The van der Waals surface area contributed by atoms with Gasteiger partial charge in [-0.3, -0.25) is 9.78 Å². The zero-order valence-corrected chi connectivity index (χ0v) is 26.7. The van der Waals surface area contributed by atoms with Crippen molar-refractivity contribution in [2.75, 3.05) is 0 Å². The van der Waals surface area contributed by atoms with Crippen molar-refractivity contribution in [2.24, 2.45) is 23.7 Å². The van der Waals surface area contributed by atoms with E-state index in [9.17, 15) is 4.79 Å². The van der Waals surface area contributed by atoms with Crippen molar-refractivity contribution in [1.82, 2.24) is 4.98 Å². The third kappa shape index (κ3) is 5.86. The summed E-state index contributed by atoms with van der Waals surface area (Å²) in [4.78, 5) is 15.2. The molecule has 3 nitrogen and oxygen atoms in total. The van der Waals surface area contributed by atoms with E-state index in [1.54, 1.807) is 11.1 Å². The van der Waals surface area contributed by atoms with Crippen LogP contribution in [0.4, 0.5) is 0 Å². The number of benzene rings is 2. The van der Waals surface area contributed by atoms with E-state index in [2.05, 4.69) is 56.3 Å². The molecule has 1 N–H and O–H groups in total. The van der Waals surface area contributed by atoms with Gasteiger partial charge >= 0.3 is 0 Å². The maximum atomic E-state index is 10.0. The molecule has 1 radical (unpaired) electrons. The Morgan fingerprint density at radius 2 is 1.57 bits per heavy atom. The van der Waals surface area contributed by atoms with Crippen molar-refractivity contribution in [2.45, 2.75) is 90.9 Å². The number of hydrogen-bond acceptors (Lipinski definition) is 3. The van der Waals surface area contributed by atoms with Gasteiger partial charge in [-0.1, -0.05) is 44.9 Å². The van der Waals surface area contributed by atoms with E-state index in [0.29, 0.717) is 0 Å². The summed E-state index contributed by atoms with van der Waals surface area (Å²) in [5, 5.41) is 9.82. The number of fused-ring (bicyclic) bond motifs is 5. The van der Waals surface area contributed by atoms with Crippen LogP contribution in [0.2, 0.25) is 0 Å². The number of aromatic nitrogens is 1. The number of aliphatic hydroxyl groups excluding tert-OH is 1. The average molecular weight is 713 g/mol. The van der Waals surface area contributed by atoms with Gasteiger partial charge in [0.05, 0.1) is 11.3 Å². The molecule has 4 saturated carbocycles. The Morgan fingerprint density at radius 3 is 2.10 bits per heavy atom. The standard InChI is InChI=1S/C31H34N.C5H8O2.Ir/c1-18-11-19(2)13-24(12-18)29-9-8-26-30(32-29)10-7-25(27-16-20-3-5-22(27)14-20)31(26)28-17-21-4-6-23(28)15-21;1-4(6)3-5(2)7;/h7-12,20-23,27-28H,3-6,14-17H2,1-2H3;3,6H,1-2H3;/q-1;;/b;4-3-;. The van der Waals surface area contributed by atoms with E-state index in [1.165, 1.54) is 93.3 Å². The molecule has 4 aliphatic rings. The largest absolute Gasteiger partial charge is 0.512 e. The van der Waals surface area contributed by atoms with E-state index in [0.717, 1.165) is 46.8 Å². The van der Waals surface area contributed by atoms with Crippen LogP contribution >= 0.6 is 0 Å². The van der Waals surface area contributed by atoms with Crippen molar-refractivity contribution >= 4 is 16.7 Å². The minimum atomic E-state index is -0.125. The molecule has 1 heterocycles. The number of rotatable bonds is 4. The van der Waals surface area contributed by atoms with Crippen molar-refractivity contribution in [3.63, 3.8) is 0 Å². The summed E-state index contributed by atoms with van der Waals surface area (Å²) in [5.74, 6) is 5.33. The summed E-state index contributed by atoms with van der Waals surface area (Å²) in [6, 6.07) is 17.5. The fraction of sp³-hybridized carbons (Fsp3) is 0.500. The predicted octanol–water partition coefficient (Wildman–Crippen LogP) is 9.16. The van der Waals surface area contributed by atoms with Crippen LogP contribution in [-0.2, 0) is 24.9 Å². The fourth-order valence-corrected chi connectivity index (χ4v) is 8.68. The molecule has 0 spiro atoms. The van der Waals surface area contributed by atoms with Gasteiger partial charge in [-0.25, -0.2) is 0 Å². The van der Waals surface area contributed by atoms with E-state index >= 15 is 0 Å². The number of ketones is 1. The third-order valence-corrected chi connectivity index (χ3v) is 10.0. The molecule has 4 bridgehead atoms. The second kappa shape index (κ2) is 11.9. The molecule has 4 aliphatic carbocycles. The van der Waals surface area contributed by atoms with E-state index in [1.807, 2.05) is 0 Å². The van der Waals surface area contributed by atoms with Gasteiger partial charge in [-0.2, -0.15) is 0 Å². The Bertz CT molecular complexity index is 1420. The number of aliphatic hydroxyl groups is 1. The predicted molar refractivity (Wildman–Crippen MR) is 159 cm³/mol. The van der Waals surface area contributed by atoms with Crippen LogP contribution < -0.4 is 0 Å². The number of aryl methyl sites for hydroxylation is 2. The van der Waals surface area contributed by atoms with Gasteiger partial charge in [0.1, 0.15) is 0 Å². The third-order valence-electron chi connectivity index (χ3n) is 10.0. The summed E-state index contributed by atoms with van der Waals surface area (Å²) in [6.07, 6.45) is 12.8. The van der Waals surface area contributed by atoms with Gasteiger partial charge < -0.3 is 5.11 Å². The fourth-order valence-electron chi connectivity index (χ4n) is 8.68. The molecule has 40 heavy (non-hydrogen) atoms. The molecule has 4 fully saturated rings. The van der Waals surface area contributed by atoms with Gasteiger partial charge in [0.2, 0.25) is 0 Å². The Labute approximate surface area is 253 Å². The summed E-state index contributed by atoms with van der Waals surface area (Å²) in [5.41, 5.74) is 9.30. The first kappa shape index (κ1) is 29.2. The van der Waals surface area contributed by atoms with E-state index in [4.69, 9.17) is 10.1 Å². The van der Waals surface area contributed by atoms with Crippen molar-refractivity contribution < 1.29 is 30.0 Å². The van der Waals surface area contributed by atoms with Gasteiger partial charge in [0, 0.05) is 31.6 Å². The summed E-state index contributed by atoms with van der Waals surface area (Å²) < 4.78 is 0. The first-order chi connectivity index (χ1) is 18.7. The van der Waals surface area contributed by atoms with Gasteiger partial charge in [-0.15, -0.1) is 34.9 Å². The van der Waals surface area contributed by atoms with Crippen molar-refractivity contribution in [3.8, 4) is 11.3 Å².